The van der Waals surface area contributed by atoms with Crippen molar-refractivity contribution >= 4 is 17.7 Å². The summed E-state index contributed by atoms with van der Waals surface area (Å²) in [5, 5.41) is 2.70. The summed E-state index contributed by atoms with van der Waals surface area (Å²) >= 11 is 1.59. The SMILES string of the molecule is CSc1ccc(C(=O)N[C@H](C)c2ccc(F)cc2F)cc1. The first-order valence-electron chi connectivity index (χ1n) is 6.41. The number of benzene rings is 2. The van der Waals surface area contributed by atoms with Crippen LogP contribution in [-0.2, 0) is 0 Å². The molecule has 5 heteroatoms. The standard InChI is InChI=1S/C16H15F2NOS/c1-10(14-8-5-12(17)9-15(14)18)19-16(20)11-3-6-13(21-2)7-4-11/h3-10H,1-2H3,(H,19,20)/t10-/m1/s1. The van der Waals surface area contributed by atoms with Crippen molar-refractivity contribution in [3.63, 3.8) is 0 Å². The zero-order chi connectivity index (χ0) is 15.4. The van der Waals surface area contributed by atoms with Gasteiger partial charge in [0.15, 0.2) is 0 Å². The predicted octanol–water partition coefficient (Wildman–Crippen LogP) is 4.18. The summed E-state index contributed by atoms with van der Waals surface area (Å²) in [7, 11) is 0. The van der Waals surface area contributed by atoms with Crippen LogP contribution < -0.4 is 5.32 Å². The molecule has 0 saturated carbocycles. The molecule has 0 spiro atoms. The summed E-state index contributed by atoms with van der Waals surface area (Å²) in [5.74, 6) is -1.60. The van der Waals surface area contributed by atoms with Crippen LogP contribution >= 0.6 is 11.8 Å². The number of halogens is 2. The molecule has 2 rings (SSSR count). The van der Waals surface area contributed by atoms with Crippen molar-refractivity contribution in [2.45, 2.75) is 17.9 Å². The molecule has 0 bridgehead atoms. The zero-order valence-electron chi connectivity index (χ0n) is 11.7. The molecular formula is C16H15F2NOS. The maximum Gasteiger partial charge on any atom is 0.251 e. The number of carbonyl (C=O) groups is 1. The lowest BCUT2D eigenvalue weighted by atomic mass is 10.1. The van der Waals surface area contributed by atoms with Crippen molar-refractivity contribution in [3.05, 3.63) is 65.2 Å². The van der Waals surface area contributed by atoms with Crippen LogP contribution in [0.2, 0.25) is 0 Å². The smallest absolute Gasteiger partial charge is 0.251 e. The molecule has 0 unspecified atom stereocenters. The number of nitrogens with one attached hydrogen (secondary N) is 1. The molecule has 0 aliphatic rings. The zero-order valence-corrected chi connectivity index (χ0v) is 12.5. The molecule has 21 heavy (non-hydrogen) atoms. The molecule has 0 heterocycles. The number of carbonyl (C=O) groups excluding carboxylic acids is 1. The summed E-state index contributed by atoms with van der Waals surface area (Å²) < 4.78 is 26.5. The van der Waals surface area contributed by atoms with Crippen molar-refractivity contribution in [3.8, 4) is 0 Å². The lowest BCUT2D eigenvalue weighted by Crippen LogP contribution is -2.27. The highest BCUT2D eigenvalue weighted by Gasteiger charge is 2.15. The number of rotatable bonds is 4. The summed E-state index contributed by atoms with van der Waals surface area (Å²) in [6, 6.07) is 9.92. The van der Waals surface area contributed by atoms with E-state index in [9.17, 15) is 13.6 Å². The molecule has 0 aromatic heterocycles. The van der Waals surface area contributed by atoms with Gasteiger partial charge in [0, 0.05) is 22.1 Å². The van der Waals surface area contributed by atoms with E-state index in [1.807, 2.05) is 18.4 Å². The van der Waals surface area contributed by atoms with E-state index in [2.05, 4.69) is 5.32 Å². The van der Waals surface area contributed by atoms with Gasteiger partial charge in [-0.15, -0.1) is 11.8 Å². The van der Waals surface area contributed by atoms with Crippen LogP contribution in [0, 0.1) is 11.6 Å². The van der Waals surface area contributed by atoms with Crippen molar-refractivity contribution in [1.29, 1.82) is 0 Å². The quantitative estimate of drug-likeness (QED) is 0.859. The van der Waals surface area contributed by atoms with Gasteiger partial charge in [-0.1, -0.05) is 6.07 Å². The third kappa shape index (κ3) is 3.82. The van der Waals surface area contributed by atoms with Crippen molar-refractivity contribution < 1.29 is 13.6 Å². The van der Waals surface area contributed by atoms with Gasteiger partial charge in [-0.2, -0.15) is 0 Å². The molecular weight excluding hydrogens is 292 g/mol. The van der Waals surface area contributed by atoms with Crippen LogP contribution in [0.1, 0.15) is 28.9 Å². The fourth-order valence-electron chi connectivity index (χ4n) is 1.95. The van der Waals surface area contributed by atoms with Gasteiger partial charge >= 0.3 is 0 Å². The lowest BCUT2D eigenvalue weighted by Gasteiger charge is -2.15. The molecule has 0 saturated heterocycles. The van der Waals surface area contributed by atoms with Gasteiger partial charge in [0.25, 0.3) is 5.91 Å². The molecule has 110 valence electrons. The Morgan fingerprint density at radius 2 is 1.81 bits per heavy atom. The Hall–Kier alpha value is -1.88. The second-order valence-corrected chi connectivity index (χ2v) is 5.47. The molecule has 1 atom stereocenters. The predicted molar refractivity (Wildman–Crippen MR) is 80.5 cm³/mol. The number of hydrogen-bond acceptors (Lipinski definition) is 2. The molecule has 0 radical (unpaired) electrons. The average Bonchev–Trinajstić information content (AvgIpc) is 2.47. The topological polar surface area (TPSA) is 29.1 Å². The highest BCUT2D eigenvalue weighted by Crippen LogP contribution is 2.19. The third-order valence-electron chi connectivity index (χ3n) is 3.13. The molecule has 0 aliphatic heterocycles. The molecule has 2 nitrogen and oxygen atoms in total. The average molecular weight is 307 g/mol. The minimum atomic E-state index is -0.666. The Morgan fingerprint density at radius 1 is 1.14 bits per heavy atom. The molecule has 1 N–H and O–H groups in total. The van der Waals surface area contributed by atoms with E-state index in [0.717, 1.165) is 11.0 Å². The largest absolute Gasteiger partial charge is 0.345 e. The minimum absolute atomic E-state index is 0.255. The monoisotopic (exact) mass is 307 g/mol. The summed E-state index contributed by atoms with van der Waals surface area (Å²) in [6.45, 7) is 1.66. The van der Waals surface area contributed by atoms with Crippen LogP contribution in [0.3, 0.4) is 0 Å². The number of thioether (sulfide) groups is 1. The van der Waals surface area contributed by atoms with Crippen LogP contribution in [-0.4, -0.2) is 12.2 Å². The first kappa shape index (κ1) is 15.5. The molecule has 0 fully saturated rings. The van der Waals surface area contributed by atoms with E-state index >= 15 is 0 Å². The summed E-state index contributed by atoms with van der Waals surface area (Å²) in [5.41, 5.74) is 0.757. The van der Waals surface area contributed by atoms with Gasteiger partial charge in [0.2, 0.25) is 0 Å². The van der Waals surface area contributed by atoms with Crippen molar-refractivity contribution in [1.82, 2.24) is 5.32 Å². The van der Waals surface area contributed by atoms with Gasteiger partial charge < -0.3 is 5.32 Å². The van der Waals surface area contributed by atoms with E-state index in [4.69, 9.17) is 0 Å². The van der Waals surface area contributed by atoms with Gasteiger partial charge in [-0.25, -0.2) is 8.78 Å². The van der Waals surface area contributed by atoms with Crippen LogP contribution in [0.25, 0.3) is 0 Å². The van der Waals surface area contributed by atoms with Gasteiger partial charge in [0.05, 0.1) is 6.04 Å². The fraction of sp³-hybridized carbons (Fsp3) is 0.188. The number of hydrogen-bond donors (Lipinski definition) is 1. The van der Waals surface area contributed by atoms with E-state index in [-0.39, 0.29) is 11.5 Å². The van der Waals surface area contributed by atoms with Gasteiger partial charge in [-0.3, -0.25) is 4.79 Å². The fourth-order valence-corrected chi connectivity index (χ4v) is 2.36. The van der Waals surface area contributed by atoms with Crippen LogP contribution in [0.15, 0.2) is 47.4 Å². The molecule has 2 aromatic carbocycles. The van der Waals surface area contributed by atoms with Crippen LogP contribution in [0.5, 0.6) is 0 Å². The van der Waals surface area contributed by atoms with Crippen molar-refractivity contribution in [2.24, 2.45) is 0 Å². The Kier molecular flexibility index (Phi) is 4.96. The maximum atomic E-state index is 13.7. The van der Waals surface area contributed by atoms with E-state index in [0.29, 0.717) is 5.56 Å². The molecule has 0 aliphatic carbocycles. The Labute approximate surface area is 126 Å². The third-order valence-corrected chi connectivity index (χ3v) is 3.87. The second-order valence-electron chi connectivity index (χ2n) is 4.59. The van der Waals surface area contributed by atoms with Crippen molar-refractivity contribution in [2.75, 3.05) is 6.26 Å². The summed E-state index contributed by atoms with van der Waals surface area (Å²) in [6.07, 6.45) is 1.95. The lowest BCUT2D eigenvalue weighted by molar-refractivity contribution is 0.0939. The summed E-state index contributed by atoms with van der Waals surface area (Å²) in [4.78, 5) is 13.2. The molecule has 2 aromatic rings. The Balaban J connectivity index is 2.10. The van der Waals surface area contributed by atoms with Gasteiger partial charge in [-0.05, 0) is 43.5 Å². The molecule has 1 amide bonds. The highest BCUT2D eigenvalue weighted by molar-refractivity contribution is 7.98. The van der Waals surface area contributed by atoms with E-state index in [1.54, 1.807) is 30.8 Å². The van der Waals surface area contributed by atoms with Crippen LogP contribution in [0.4, 0.5) is 8.78 Å². The number of amides is 1. The normalized spacial score (nSPS) is 12.0. The first-order valence-corrected chi connectivity index (χ1v) is 7.63. The maximum absolute atomic E-state index is 13.7. The first-order chi connectivity index (χ1) is 10.0. The minimum Gasteiger partial charge on any atom is -0.345 e. The Bertz CT molecular complexity index is 643. The Morgan fingerprint density at radius 3 is 2.38 bits per heavy atom. The van der Waals surface area contributed by atoms with Gasteiger partial charge in [0.1, 0.15) is 11.6 Å². The van der Waals surface area contributed by atoms with E-state index < -0.39 is 17.7 Å². The van der Waals surface area contributed by atoms with E-state index in [1.165, 1.54) is 12.1 Å². The second kappa shape index (κ2) is 6.72. The highest BCUT2D eigenvalue weighted by atomic mass is 32.2.